The molecular weight excluding hydrogens is 278 g/mol. The van der Waals surface area contributed by atoms with Gasteiger partial charge in [-0.3, -0.25) is 9.59 Å². The maximum atomic E-state index is 12.7. The van der Waals surface area contributed by atoms with Crippen molar-refractivity contribution in [1.82, 2.24) is 4.90 Å². The number of nitrogens with two attached hydrogens (primary N) is 1. The molecule has 2 heterocycles. The fourth-order valence-electron chi connectivity index (χ4n) is 3.48. The Morgan fingerprint density at radius 2 is 1.82 bits per heavy atom. The lowest BCUT2D eigenvalue weighted by Crippen LogP contribution is -2.40. The van der Waals surface area contributed by atoms with E-state index in [1.54, 1.807) is 9.80 Å². The van der Waals surface area contributed by atoms with Crippen LogP contribution >= 0.6 is 0 Å². The molecule has 2 aliphatic heterocycles. The van der Waals surface area contributed by atoms with Crippen molar-refractivity contribution in [2.24, 2.45) is 11.7 Å². The summed E-state index contributed by atoms with van der Waals surface area (Å²) in [5.41, 5.74) is 9.01. The number of aryl methyl sites for hydroxylation is 2. The molecule has 2 aliphatic rings. The van der Waals surface area contributed by atoms with Crippen LogP contribution in [0.15, 0.2) is 18.2 Å². The van der Waals surface area contributed by atoms with Crippen LogP contribution < -0.4 is 10.6 Å². The van der Waals surface area contributed by atoms with Crippen LogP contribution in [0, 0.1) is 19.8 Å². The zero-order chi connectivity index (χ0) is 15.9. The summed E-state index contributed by atoms with van der Waals surface area (Å²) in [7, 11) is 0. The molecule has 0 unspecified atom stereocenters. The van der Waals surface area contributed by atoms with Crippen LogP contribution in [0.1, 0.15) is 24.0 Å². The number of rotatable bonds is 2. The van der Waals surface area contributed by atoms with Gasteiger partial charge in [-0.05, 0) is 49.9 Å². The van der Waals surface area contributed by atoms with Crippen LogP contribution in [0.2, 0.25) is 0 Å². The van der Waals surface area contributed by atoms with E-state index >= 15 is 0 Å². The largest absolute Gasteiger partial charge is 0.340 e. The van der Waals surface area contributed by atoms with Crippen molar-refractivity contribution in [2.45, 2.75) is 32.7 Å². The highest BCUT2D eigenvalue weighted by molar-refractivity contribution is 6.09. The minimum Gasteiger partial charge on any atom is -0.340 e. The van der Waals surface area contributed by atoms with Gasteiger partial charge < -0.3 is 15.5 Å². The second-order valence-electron chi connectivity index (χ2n) is 6.51. The minimum absolute atomic E-state index is 0.0511. The Hall–Kier alpha value is -1.88. The van der Waals surface area contributed by atoms with Gasteiger partial charge in [-0.25, -0.2) is 0 Å². The Labute approximate surface area is 131 Å². The predicted octanol–water partition coefficient (Wildman–Crippen LogP) is 1.22. The lowest BCUT2D eigenvalue weighted by Gasteiger charge is -2.21. The maximum absolute atomic E-state index is 12.7. The molecule has 0 aromatic heterocycles. The predicted molar refractivity (Wildman–Crippen MR) is 85.5 cm³/mol. The van der Waals surface area contributed by atoms with E-state index < -0.39 is 5.92 Å². The van der Waals surface area contributed by atoms with Crippen molar-refractivity contribution in [2.75, 3.05) is 24.5 Å². The summed E-state index contributed by atoms with van der Waals surface area (Å²) in [6.45, 7) is 5.90. The van der Waals surface area contributed by atoms with E-state index in [-0.39, 0.29) is 17.9 Å². The molecule has 1 aromatic rings. The van der Waals surface area contributed by atoms with E-state index in [4.69, 9.17) is 5.73 Å². The molecule has 1 aromatic carbocycles. The summed E-state index contributed by atoms with van der Waals surface area (Å²) in [5.74, 6) is -0.661. The van der Waals surface area contributed by atoms with Gasteiger partial charge in [0.15, 0.2) is 0 Å². The normalized spacial score (nSPS) is 25.1. The number of hydrogen-bond acceptors (Lipinski definition) is 3. The first-order valence-electron chi connectivity index (χ1n) is 7.90. The van der Waals surface area contributed by atoms with Gasteiger partial charge in [0.1, 0.15) is 5.92 Å². The standard InChI is InChI=1S/C17H23N3O2/c1-11-7-12(2)9-14(8-11)20-6-4-15(17(20)22)16(21)19-5-3-13(18)10-19/h7-9,13,15H,3-6,10,18H2,1-2H3/t13-,15-/m0/s1. The van der Waals surface area contributed by atoms with Gasteiger partial charge in [0.2, 0.25) is 11.8 Å². The number of likely N-dealkylation sites (tertiary alicyclic amines) is 1. The molecule has 0 radical (unpaired) electrons. The topological polar surface area (TPSA) is 66.6 Å². The second kappa shape index (κ2) is 5.72. The molecule has 2 N–H and O–H groups in total. The van der Waals surface area contributed by atoms with Gasteiger partial charge in [-0.2, -0.15) is 0 Å². The fraction of sp³-hybridized carbons (Fsp3) is 0.529. The summed E-state index contributed by atoms with van der Waals surface area (Å²) in [5, 5.41) is 0. The van der Waals surface area contributed by atoms with Gasteiger partial charge in [-0.15, -0.1) is 0 Å². The van der Waals surface area contributed by atoms with Crippen LogP contribution in [-0.4, -0.2) is 42.4 Å². The van der Waals surface area contributed by atoms with Gasteiger partial charge in [0, 0.05) is 31.4 Å². The third kappa shape index (κ3) is 2.73. The highest BCUT2D eigenvalue weighted by Gasteiger charge is 2.41. The van der Waals surface area contributed by atoms with E-state index in [1.165, 1.54) is 0 Å². The number of amides is 2. The van der Waals surface area contributed by atoms with Gasteiger partial charge in [0.05, 0.1) is 0 Å². The fourth-order valence-corrected chi connectivity index (χ4v) is 3.48. The van der Waals surface area contributed by atoms with Crippen molar-refractivity contribution in [3.8, 4) is 0 Å². The molecule has 0 spiro atoms. The van der Waals surface area contributed by atoms with Crippen molar-refractivity contribution < 1.29 is 9.59 Å². The van der Waals surface area contributed by atoms with E-state index in [9.17, 15) is 9.59 Å². The molecule has 118 valence electrons. The number of carbonyl (C=O) groups is 2. The Balaban J connectivity index is 1.76. The molecule has 2 amide bonds. The Kier molecular flexibility index (Phi) is 3.91. The monoisotopic (exact) mass is 301 g/mol. The second-order valence-corrected chi connectivity index (χ2v) is 6.51. The lowest BCUT2D eigenvalue weighted by atomic mass is 10.1. The third-order valence-electron chi connectivity index (χ3n) is 4.56. The van der Waals surface area contributed by atoms with Gasteiger partial charge in [0.25, 0.3) is 0 Å². The molecule has 0 aliphatic carbocycles. The van der Waals surface area contributed by atoms with E-state index in [0.717, 1.165) is 23.2 Å². The molecule has 2 saturated heterocycles. The number of carbonyl (C=O) groups excluding carboxylic acids is 2. The number of hydrogen-bond donors (Lipinski definition) is 1. The molecule has 3 rings (SSSR count). The lowest BCUT2D eigenvalue weighted by molar-refractivity contribution is -0.139. The van der Waals surface area contributed by atoms with Crippen LogP contribution in [0.3, 0.4) is 0 Å². The van der Waals surface area contributed by atoms with Crippen molar-refractivity contribution in [1.29, 1.82) is 0 Å². The Bertz CT molecular complexity index is 594. The maximum Gasteiger partial charge on any atom is 0.239 e. The van der Waals surface area contributed by atoms with Crippen LogP contribution in [0.5, 0.6) is 0 Å². The SMILES string of the molecule is Cc1cc(C)cc(N2CC[C@@H](C(=O)N3CC[C@H](N)C3)C2=O)c1. The molecule has 0 saturated carbocycles. The molecule has 0 bridgehead atoms. The minimum atomic E-state index is -0.536. The summed E-state index contributed by atoms with van der Waals surface area (Å²) < 4.78 is 0. The molecule has 2 fully saturated rings. The quantitative estimate of drug-likeness (QED) is 0.835. The summed E-state index contributed by atoms with van der Waals surface area (Å²) in [6.07, 6.45) is 1.42. The first-order valence-corrected chi connectivity index (χ1v) is 7.90. The van der Waals surface area contributed by atoms with Crippen molar-refractivity contribution >= 4 is 17.5 Å². The number of benzene rings is 1. The van der Waals surface area contributed by atoms with Gasteiger partial charge in [-0.1, -0.05) is 6.07 Å². The van der Waals surface area contributed by atoms with E-state index in [0.29, 0.717) is 26.1 Å². The average Bonchev–Trinajstić information content (AvgIpc) is 3.03. The highest BCUT2D eigenvalue weighted by atomic mass is 16.2. The summed E-state index contributed by atoms with van der Waals surface area (Å²) >= 11 is 0. The molecule has 22 heavy (non-hydrogen) atoms. The molecule has 5 nitrogen and oxygen atoms in total. The average molecular weight is 301 g/mol. The highest BCUT2D eigenvalue weighted by Crippen LogP contribution is 2.28. The first-order chi connectivity index (χ1) is 10.5. The number of nitrogens with zero attached hydrogens (tertiary/aromatic N) is 2. The first kappa shape index (κ1) is 15.0. The summed E-state index contributed by atoms with van der Waals surface area (Å²) in [6, 6.07) is 6.14. The Morgan fingerprint density at radius 1 is 1.14 bits per heavy atom. The molecule has 2 atom stereocenters. The smallest absolute Gasteiger partial charge is 0.239 e. The third-order valence-corrected chi connectivity index (χ3v) is 4.56. The van der Waals surface area contributed by atoms with Crippen molar-refractivity contribution in [3.63, 3.8) is 0 Å². The van der Waals surface area contributed by atoms with E-state index in [1.807, 2.05) is 26.0 Å². The van der Waals surface area contributed by atoms with Gasteiger partial charge >= 0.3 is 0 Å². The summed E-state index contributed by atoms with van der Waals surface area (Å²) in [4.78, 5) is 28.7. The van der Waals surface area contributed by atoms with Crippen LogP contribution in [-0.2, 0) is 9.59 Å². The zero-order valence-electron chi connectivity index (χ0n) is 13.2. The zero-order valence-corrected chi connectivity index (χ0v) is 13.2. The van der Waals surface area contributed by atoms with Crippen molar-refractivity contribution in [3.05, 3.63) is 29.3 Å². The van der Waals surface area contributed by atoms with Crippen LogP contribution in [0.4, 0.5) is 5.69 Å². The molecule has 5 heteroatoms. The molecular formula is C17H23N3O2. The Morgan fingerprint density at radius 3 is 2.41 bits per heavy atom. The van der Waals surface area contributed by atoms with Crippen LogP contribution in [0.25, 0.3) is 0 Å². The van der Waals surface area contributed by atoms with E-state index in [2.05, 4.69) is 6.07 Å². The number of anilines is 1.